The minimum Gasteiger partial charge on any atom is -0.461 e. The zero-order valence-corrected chi connectivity index (χ0v) is 25.5. The third-order valence-corrected chi connectivity index (χ3v) is 9.08. The van der Waals surface area contributed by atoms with Gasteiger partial charge in [0.15, 0.2) is 0 Å². The lowest BCUT2D eigenvalue weighted by Crippen LogP contribution is -2.31. The van der Waals surface area contributed by atoms with Gasteiger partial charge in [0, 0.05) is 29.5 Å². The molecule has 2 aromatic rings. The Labute approximate surface area is 237 Å². The monoisotopic (exact) mass is 574 g/mol. The Bertz CT molecular complexity index is 1250. The third-order valence-electron chi connectivity index (χ3n) is 6.16. The van der Waals surface area contributed by atoms with Crippen LogP contribution in [0, 0.1) is 0 Å². The molecule has 1 unspecified atom stereocenters. The lowest BCUT2D eigenvalue weighted by molar-refractivity contribution is -0.139. The first-order valence-corrected chi connectivity index (χ1v) is 15.1. The van der Waals surface area contributed by atoms with Gasteiger partial charge in [-0.1, -0.05) is 60.1 Å². The molecule has 3 rings (SSSR count). The Hall–Kier alpha value is -2.41. The molecule has 1 N–H and O–H groups in total. The van der Waals surface area contributed by atoms with Crippen molar-refractivity contribution >= 4 is 25.2 Å². The van der Waals surface area contributed by atoms with E-state index in [1.54, 1.807) is 40.7 Å². The van der Waals surface area contributed by atoms with Crippen LogP contribution in [0.5, 0.6) is 0 Å². The van der Waals surface area contributed by atoms with Crippen LogP contribution in [0.3, 0.4) is 0 Å². The van der Waals surface area contributed by atoms with Gasteiger partial charge in [-0.2, -0.15) is 0 Å². The number of rotatable bonds is 12. The van der Waals surface area contributed by atoms with E-state index in [-0.39, 0.29) is 18.8 Å². The van der Waals surface area contributed by atoms with Crippen LogP contribution in [-0.4, -0.2) is 43.3 Å². The zero-order valence-electron chi connectivity index (χ0n) is 23.9. The first-order valence-electron chi connectivity index (χ1n) is 13.2. The summed E-state index contributed by atoms with van der Waals surface area (Å²) in [5.41, 5.74) is 3.33. The molecule has 9 heteroatoms. The number of ether oxygens (including phenoxy) is 1. The second-order valence-electron chi connectivity index (χ2n) is 10.3. The van der Waals surface area contributed by atoms with Gasteiger partial charge >= 0.3 is 13.6 Å². The highest BCUT2D eigenvalue weighted by molar-refractivity contribution is 7.58. The second kappa shape index (κ2) is 13.8. The molecule has 0 saturated carbocycles. The fourth-order valence-corrected chi connectivity index (χ4v) is 7.35. The van der Waals surface area contributed by atoms with Crippen molar-refractivity contribution in [2.24, 2.45) is 0 Å². The van der Waals surface area contributed by atoms with Crippen LogP contribution in [-0.2, 0) is 29.7 Å². The summed E-state index contributed by atoms with van der Waals surface area (Å²) in [6.07, 6.45) is -0.770. The SMILES string of the molecule is CC1=C(C(=O)OCCN(C)Cc2ccccc2)C(c2ccccc2Cl)C(P(=O)(OC(C)C)OC(C)C)=C(C)N1. The molecule has 2 aromatic carbocycles. The summed E-state index contributed by atoms with van der Waals surface area (Å²) in [5.74, 6) is -1.29. The number of allylic oxidation sites excluding steroid dienone is 3. The van der Waals surface area contributed by atoms with Gasteiger partial charge in [0.2, 0.25) is 0 Å². The van der Waals surface area contributed by atoms with Gasteiger partial charge < -0.3 is 19.1 Å². The number of likely N-dealkylation sites (N-methyl/N-ethyl adjacent to an activating group) is 1. The van der Waals surface area contributed by atoms with Crippen LogP contribution in [0.1, 0.15) is 58.6 Å². The van der Waals surface area contributed by atoms with Crippen molar-refractivity contribution in [2.45, 2.75) is 66.2 Å². The van der Waals surface area contributed by atoms with Crippen LogP contribution in [0.25, 0.3) is 0 Å². The predicted molar refractivity (Wildman–Crippen MR) is 157 cm³/mol. The highest BCUT2D eigenvalue weighted by Gasteiger charge is 2.46. The maximum absolute atomic E-state index is 14.5. The van der Waals surface area contributed by atoms with Crippen molar-refractivity contribution in [2.75, 3.05) is 20.2 Å². The van der Waals surface area contributed by atoms with E-state index in [1.807, 2.05) is 50.4 Å². The molecule has 0 bridgehead atoms. The van der Waals surface area contributed by atoms with Gasteiger partial charge in [0.25, 0.3) is 0 Å². The highest BCUT2D eigenvalue weighted by Crippen LogP contribution is 2.65. The maximum Gasteiger partial charge on any atom is 0.360 e. The van der Waals surface area contributed by atoms with E-state index < -0.39 is 19.5 Å². The predicted octanol–water partition coefficient (Wildman–Crippen LogP) is 7.25. The molecule has 39 heavy (non-hydrogen) atoms. The molecule has 0 aliphatic carbocycles. The number of hydrogen-bond donors (Lipinski definition) is 1. The van der Waals surface area contributed by atoms with E-state index in [4.69, 9.17) is 25.4 Å². The van der Waals surface area contributed by atoms with Crippen molar-refractivity contribution in [3.63, 3.8) is 0 Å². The molecule has 0 saturated heterocycles. The lowest BCUT2D eigenvalue weighted by Gasteiger charge is -2.36. The summed E-state index contributed by atoms with van der Waals surface area (Å²) in [6, 6.07) is 17.3. The molecule has 1 aliphatic heterocycles. The minimum absolute atomic E-state index is 0.189. The molecular weight excluding hydrogens is 535 g/mol. The normalized spacial score (nSPS) is 16.3. The largest absolute Gasteiger partial charge is 0.461 e. The summed E-state index contributed by atoms with van der Waals surface area (Å²) in [6.45, 7) is 12.3. The number of benzene rings is 2. The number of carbonyl (C=O) groups excluding carboxylic acids is 1. The molecular formula is C30H40ClN2O5P. The number of nitrogens with one attached hydrogen (secondary N) is 1. The minimum atomic E-state index is -3.88. The van der Waals surface area contributed by atoms with Crippen molar-refractivity contribution in [3.8, 4) is 0 Å². The second-order valence-corrected chi connectivity index (χ2v) is 12.6. The molecule has 1 heterocycles. The summed E-state index contributed by atoms with van der Waals surface area (Å²) >= 11 is 6.68. The van der Waals surface area contributed by atoms with E-state index in [1.165, 1.54) is 5.56 Å². The Balaban J connectivity index is 1.95. The Morgan fingerprint density at radius 3 is 2.15 bits per heavy atom. The van der Waals surface area contributed by atoms with Crippen LogP contribution >= 0.6 is 19.2 Å². The smallest absolute Gasteiger partial charge is 0.360 e. The number of carbonyl (C=O) groups is 1. The molecule has 0 spiro atoms. The number of dihydropyridines is 1. The fourth-order valence-electron chi connectivity index (χ4n) is 4.67. The molecule has 0 fully saturated rings. The van der Waals surface area contributed by atoms with Crippen LogP contribution < -0.4 is 5.32 Å². The van der Waals surface area contributed by atoms with Gasteiger partial charge in [0.1, 0.15) is 6.61 Å². The van der Waals surface area contributed by atoms with Gasteiger partial charge in [-0.25, -0.2) is 4.79 Å². The average Bonchev–Trinajstić information content (AvgIpc) is 2.83. The molecule has 1 aliphatic rings. The molecule has 212 valence electrons. The zero-order chi connectivity index (χ0) is 28.7. The Kier molecular flexibility index (Phi) is 11.0. The molecule has 0 aromatic heterocycles. The van der Waals surface area contributed by atoms with Gasteiger partial charge in [-0.3, -0.25) is 9.46 Å². The first-order chi connectivity index (χ1) is 18.4. The lowest BCUT2D eigenvalue weighted by atomic mass is 9.86. The third kappa shape index (κ3) is 8.06. The molecule has 7 nitrogen and oxygen atoms in total. The van der Waals surface area contributed by atoms with Crippen molar-refractivity contribution in [1.82, 2.24) is 10.2 Å². The van der Waals surface area contributed by atoms with Crippen molar-refractivity contribution < 1.29 is 23.1 Å². The topological polar surface area (TPSA) is 77.1 Å². The number of halogens is 1. The van der Waals surface area contributed by atoms with Gasteiger partial charge in [-0.15, -0.1) is 0 Å². The summed E-state index contributed by atoms with van der Waals surface area (Å²) in [4.78, 5) is 15.8. The summed E-state index contributed by atoms with van der Waals surface area (Å²) < 4.78 is 32.3. The number of esters is 1. The molecule has 0 radical (unpaired) electrons. The number of hydrogen-bond acceptors (Lipinski definition) is 7. The first kappa shape index (κ1) is 31.1. The summed E-state index contributed by atoms with van der Waals surface area (Å²) in [7, 11) is -1.90. The standard InChI is InChI=1S/C30H40ClN2O5P/c1-20(2)37-39(35,38-21(3)4)29-23(6)32-22(5)27(28(29)25-15-11-12-16-26(25)31)30(34)36-18-17-33(7)19-24-13-9-8-10-14-24/h8-16,20-21,28,32H,17-19H2,1-7H3. The maximum atomic E-state index is 14.5. The van der Waals surface area contributed by atoms with E-state index in [0.29, 0.717) is 39.4 Å². The Morgan fingerprint density at radius 2 is 1.56 bits per heavy atom. The van der Waals surface area contributed by atoms with E-state index in [9.17, 15) is 9.36 Å². The van der Waals surface area contributed by atoms with Gasteiger partial charge in [-0.05, 0) is 65.8 Å². The molecule has 0 amide bonds. The average molecular weight is 575 g/mol. The van der Waals surface area contributed by atoms with Crippen LogP contribution in [0.4, 0.5) is 0 Å². The van der Waals surface area contributed by atoms with E-state index >= 15 is 0 Å². The number of nitrogens with zero attached hydrogens (tertiary/aromatic N) is 1. The van der Waals surface area contributed by atoms with Crippen LogP contribution in [0.15, 0.2) is 76.9 Å². The van der Waals surface area contributed by atoms with E-state index in [0.717, 1.165) is 6.54 Å². The summed E-state index contributed by atoms with van der Waals surface area (Å²) in [5, 5.41) is 4.04. The Morgan fingerprint density at radius 1 is 0.974 bits per heavy atom. The van der Waals surface area contributed by atoms with Gasteiger partial charge in [0.05, 0.1) is 29.0 Å². The van der Waals surface area contributed by atoms with Crippen LogP contribution in [0.2, 0.25) is 5.02 Å². The quantitative estimate of drug-likeness (QED) is 0.211. The highest BCUT2D eigenvalue weighted by atomic mass is 35.5. The fraction of sp³-hybridized carbons (Fsp3) is 0.433. The van der Waals surface area contributed by atoms with E-state index in [2.05, 4.69) is 22.3 Å². The van der Waals surface area contributed by atoms with Crippen molar-refractivity contribution in [3.05, 3.63) is 93.0 Å². The van der Waals surface area contributed by atoms with Crippen molar-refractivity contribution in [1.29, 1.82) is 0 Å². The molecule has 1 atom stereocenters.